The van der Waals surface area contributed by atoms with Gasteiger partial charge in [0.25, 0.3) is 0 Å². The number of piperidine rings is 1. The molecule has 0 radical (unpaired) electrons. The monoisotopic (exact) mass is 266 g/mol. The normalized spacial score (nSPS) is 24.9. The molecule has 0 bridgehead atoms. The van der Waals surface area contributed by atoms with Crippen LogP contribution in [0, 0.1) is 5.41 Å². The predicted molar refractivity (Wildman–Crippen MR) is 83.6 cm³/mol. The zero-order valence-corrected chi connectivity index (χ0v) is 13.2. The third-order valence-corrected chi connectivity index (χ3v) is 5.54. The van der Waals surface area contributed by atoms with Gasteiger partial charge >= 0.3 is 0 Å². The van der Waals surface area contributed by atoms with Crippen molar-refractivity contribution < 1.29 is 0 Å². The van der Waals surface area contributed by atoms with Gasteiger partial charge in [0.15, 0.2) is 0 Å². The van der Waals surface area contributed by atoms with Gasteiger partial charge in [-0.05, 0) is 64.1 Å². The standard InChI is InChI=1S/C17H34N2/c1-3-4-7-12-18-15-16(2)19-13-10-17(11-14-19)8-5-6-9-17/h16,18H,3-15H2,1-2H3. The minimum absolute atomic E-state index is 0.723. The zero-order valence-electron chi connectivity index (χ0n) is 13.2. The maximum absolute atomic E-state index is 3.64. The first-order chi connectivity index (χ1) is 9.26. The second-order valence-corrected chi connectivity index (χ2v) is 7.00. The van der Waals surface area contributed by atoms with Crippen LogP contribution in [0.2, 0.25) is 0 Å². The fourth-order valence-corrected chi connectivity index (χ4v) is 4.00. The summed E-state index contributed by atoms with van der Waals surface area (Å²) >= 11 is 0. The summed E-state index contributed by atoms with van der Waals surface area (Å²) in [5.41, 5.74) is 0.769. The van der Waals surface area contributed by atoms with Crippen LogP contribution in [0.15, 0.2) is 0 Å². The summed E-state index contributed by atoms with van der Waals surface area (Å²) in [7, 11) is 0. The van der Waals surface area contributed by atoms with Crippen LogP contribution in [0.25, 0.3) is 0 Å². The van der Waals surface area contributed by atoms with E-state index in [2.05, 4.69) is 24.1 Å². The van der Waals surface area contributed by atoms with Gasteiger partial charge in [-0.25, -0.2) is 0 Å². The summed E-state index contributed by atoms with van der Waals surface area (Å²) in [6, 6.07) is 0.723. The second kappa shape index (κ2) is 7.64. The Kier molecular flexibility index (Phi) is 6.15. The fraction of sp³-hybridized carbons (Fsp3) is 1.00. The number of unbranched alkanes of at least 4 members (excludes halogenated alkanes) is 2. The van der Waals surface area contributed by atoms with Crippen LogP contribution in [-0.2, 0) is 0 Å². The molecule has 1 heterocycles. The SMILES string of the molecule is CCCCCNCC(C)N1CCC2(CCCC2)CC1. The van der Waals surface area contributed by atoms with Gasteiger partial charge in [0.05, 0.1) is 0 Å². The van der Waals surface area contributed by atoms with Crippen molar-refractivity contribution in [3.8, 4) is 0 Å². The molecule has 1 unspecified atom stereocenters. The van der Waals surface area contributed by atoms with E-state index in [9.17, 15) is 0 Å². The smallest absolute Gasteiger partial charge is 0.0192 e. The average Bonchev–Trinajstić information content (AvgIpc) is 2.87. The summed E-state index contributed by atoms with van der Waals surface area (Å²) in [6.07, 6.45) is 13.0. The quantitative estimate of drug-likeness (QED) is 0.705. The van der Waals surface area contributed by atoms with Crippen LogP contribution in [0.1, 0.15) is 71.6 Å². The molecule has 0 aromatic heterocycles. The van der Waals surface area contributed by atoms with Crippen molar-refractivity contribution in [3.63, 3.8) is 0 Å². The van der Waals surface area contributed by atoms with Gasteiger partial charge < -0.3 is 5.32 Å². The van der Waals surface area contributed by atoms with Crippen molar-refractivity contribution in [3.05, 3.63) is 0 Å². The van der Waals surface area contributed by atoms with Crippen molar-refractivity contribution in [2.75, 3.05) is 26.2 Å². The third kappa shape index (κ3) is 4.46. The highest BCUT2D eigenvalue weighted by Crippen LogP contribution is 2.46. The molecular formula is C17H34N2. The Hall–Kier alpha value is -0.0800. The van der Waals surface area contributed by atoms with Crippen molar-refractivity contribution in [2.24, 2.45) is 5.41 Å². The Morgan fingerprint density at radius 2 is 1.74 bits per heavy atom. The van der Waals surface area contributed by atoms with Gasteiger partial charge in [-0.3, -0.25) is 4.90 Å². The molecule has 0 aromatic rings. The van der Waals surface area contributed by atoms with E-state index >= 15 is 0 Å². The molecule has 112 valence electrons. The van der Waals surface area contributed by atoms with Crippen molar-refractivity contribution in [1.82, 2.24) is 10.2 Å². The van der Waals surface area contributed by atoms with Crippen LogP contribution < -0.4 is 5.32 Å². The zero-order chi connectivity index (χ0) is 13.6. The Bertz CT molecular complexity index is 236. The van der Waals surface area contributed by atoms with Gasteiger partial charge in [-0.1, -0.05) is 32.6 Å². The third-order valence-electron chi connectivity index (χ3n) is 5.54. The van der Waals surface area contributed by atoms with E-state index in [4.69, 9.17) is 0 Å². The topological polar surface area (TPSA) is 15.3 Å². The molecule has 1 N–H and O–H groups in total. The molecule has 2 aliphatic rings. The fourth-order valence-electron chi connectivity index (χ4n) is 4.00. The molecule has 19 heavy (non-hydrogen) atoms. The van der Waals surface area contributed by atoms with E-state index in [1.165, 1.54) is 84.0 Å². The highest BCUT2D eigenvalue weighted by Gasteiger charge is 2.37. The number of rotatable bonds is 7. The lowest BCUT2D eigenvalue weighted by molar-refractivity contribution is 0.0812. The lowest BCUT2D eigenvalue weighted by atomic mass is 9.77. The Balaban J connectivity index is 1.60. The summed E-state index contributed by atoms with van der Waals surface area (Å²) in [6.45, 7) is 9.75. The molecule has 1 spiro atoms. The molecule has 2 rings (SSSR count). The molecule has 1 saturated heterocycles. The van der Waals surface area contributed by atoms with E-state index in [0.29, 0.717) is 0 Å². The number of nitrogens with one attached hydrogen (secondary N) is 1. The Labute approximate surface area is 120 Å². The molecule has 1 atom stereocenters. The van der Waals surface area contributed by atoms with Crippen LogP contribution in [0.4, 0.5) is 0 Å². The van der Waals surface area contributed by atoms with Crippen molar-refractivity contribution in [2.45, 2.75) is 77.7 Å². The lowest BCUT2D eigenvalue weighted by Gasteiger charge is -2.42. The van der Waals surface area contributed by atoms with E-state index in [-0.39, 0.29) is 0 Å². The van der Waals surface area contributed by atoms with Gasteiger partial charge in [0.2, 0.25) is 0 Å². The van der Waals surface area contributed by atoms with Gasteiger partial charge in [-0.2, -0.15) is 0 Å². The van der Waals surface area contributed by atoms with Crippen LogP contribution in [-0.4, -0.2) is 37.1 Å². The largest absolute Gasteiger partial charge is 0.315 e. The maximum Gasteiger partial charge on any atom is 0.0192 e. The molecule has 0 aromatic carbocycles. The summed E-state index contributed by atoms with van der Waals surface area (Å²) in [4.78, 5) is 2.72. The molecule has 2 fully saturated rings. The van der Waals surface area contributed by atoms with E-state index in [1.807, 2.05) is 0 Å². The average molecular weight is 266 g/mol. The van der Waals surface area contributed by atoms with Gasteiger partial charge in [0.1, 0.15) is 0 Å². The second-order valence-electron chi connectivity index (χ2n) is 7.00. The van der Waals surface area contributed by atoms with Crippen LogP contribution in [0.5, 0.6) is 0 Å². The Morgan fingerprint density at radius 3 is 2.37 bits per heavy atom. The Morgan fingerprint density at radius 1 is 1.05 bits per heavy atom. The minimum atomic E-state index is 0.723. The summed E-state index contributed by atoms with van der Waals surface area (Å²) < 4.78 is 0. The number of hydrogen-bond acceptors (Lipinski definition) is 2. The molecular weight excluding hydrogens is 232 g/mol. The predicted octanol–water partition coefficient (Wildman–Crippen LogP) is 3.81. The van der Waals surface area contributed by atoms with Gasteiger partial charge in [0, 0.05) is 12.6 Å². The molecule has 2 nitrogen and oxygen atoms in total. The maximum atomic E-state index is 3.64. The van der Waals surface area contributed by atoms with E-state index < -0.39 is 0 Å². The summed E-state index contributed by atoms with van der Waals surface area (Å²) in [5, 5.41) is 3.64. The van der Waals surface area contributed by atoms with E-state index in [1.54, 1.807) is 0 Å². The van der Waals surface area contributed by atoms with E-state index in [0.717, 1.165) is 11.5 Å². The highest BCUT2D eigenvalue weighted by atomic mass is 15.2. The van der Waals surface area contributed by atoms with Crippen LogP contribution in [0.3, 0.4) is 0 Å². The molecule has 1 aliphatic heterocycles. The minimum Gasteiger partial charge on any atom is -0.315 e. The highest BCUT2D eigenvalue weighted by molar-refractivity contribution is 4.90. The molecule has 2 heteroatoms. The van der Waals surface area contributed by atoms with Crippen molar-refractivity contribution in [1.29, 1.82) is 0 Å². The van der Waals surface area contributed by atoms with Crippen LogP contribution >= 0.6 is 0 Å². The molecule has 1 aliphatic carbocycles. The molecule has 1 saturated carbocycles. The van der Waals surface area contributed by atoms with Crippen molar-refractivity contribution >= 4 is 0 Å². The summed E-state index contributed by atoms with van der Waals surface area (Å²) in [5.74, 6) is 0. The molecule has 0 amide bonds. The first kappa shape index (κ1) is 15.3. The first-order valence-electron chi connectivity index (χ1n) is 8.70. The lowest BCUT2D eigenvalue weighted by Crippen LogP contribution is -2.47. The first-order valence-corrected chi connectivity index (χ1v) is 8.70. The van der Waals surface area contributed by atoms with Gasteiger partial charge in [-0.15, -0.1) is 0 Å². The number of likely N-dealkylation sites (tertiary alicyclic amines) is 1. The number of hydrogen-bond donors (Lipinski definition) is 1. The number of nitrogens with zero attached hydrogens (tertiary/aromatic N) is 1.